The molecule has 0 bridgehead atoms. The highest BCUT2D eigenvalue weighted by Crippen LogP contribution is 2.29. The number of benzene rings is 1. The van der Waals surface area contributed by atoms with Gasteiger partial charge in [0, 0.05) is 13.2 Å². The third kappa shape index (κ3) is 10.5. The fourth-order valence-corrected chi connectivity index (χ4v) is 5.81. The lowest BCUT2D eigenvalue weighted by molar-refractivity contribution is -0.129. The number of carbonyl (C=O) groups excluding carboxylic acids is 3. The second-order valence-electron chi connectivity index (χ2n) is 12.3. The average molecular weight is 590 g/mol. The SMILES string of the molecule is CC[C@@](C)(NC(=O)OC(=O)N1CCOC(CCc2ccccc2)C1)C(=O)N[C@H](CC1CCCCC1)[C@H](O)C[C@H](C)CO. The molecule has 5 atom stereocenters. The molecule has 3 amide bonds. The third-order valence-corrected chi connectivity index (χ3v) is 8.81. The average Bonchev–Trinajstić information content (AvgIpc) is 3.00. The Balaban J connectivity index is 1.55. The molecule has 1 saturated carbocycles. The third-order valence-electron chi connectivity index (χ3n) is 8.81. The maximum Gasteiger partial charge on any atom is 0.418 e. The minimum absolute atomic E-state index is 0.0494. The smallest absolute Gasteiger partial charge is 0.396 e. The highest BCUT2D eigenvalue weighted by atomic mass is 16.6. The predicted molar refractivity (Wildman–Crippen MR) is 160 cm³/mol. The lowest BCUT2D eigenvalue weighted by Crippen LogP contribution is -2.60. The van der Waals surface area contributed by atoms with Gasteiger partial charge in [0.1, 0.15) is 5.54 Å². The van der Waals surface area contributed by atoms with Gasteiger partial charge in [0.05, 0.1) is 31.4 Å². The van der Waals surface area contributed by atoms with Crippen LogP contribution in [0.2, 0.25) is 0 Å². The summed E-state index contributed by atoms with van der Waals surface area (Å²) in [5.41, 5.74) is -0.165. The highest BCUT2D eigenvalue weighted by molar-refractivity contribution is 5.92. The Hall–Kier alpha value is -2.69. The zero-order chi connectivity index (χ0) is 30.5. The van der Waals surface area contributed by atoms with Gasteiger partial charge in [-0.05, 0) is 56.4 Å². The van der Waals surface area contributed by atoms with Gasteiger partial charge in [0.15, 0.2) is 0 Å². The lowest BCUT2D eigenvalue weighted by atomic mass is 9.82. The number of alkyl carbamates (subject to hydrolysis) is 1. The van der Waals surface area contributed by atoms with E-state index in [1.54, 1.807) is 13.8 Å². The number of rotatable bonds is 13. The zero-order valence-corrected chi connectivity index (χ0v) is 25.6. The summed E-state index contributed by atoms with van der Waals surface area (Å²) in [4.78, 5) is 40.6. The molecule has 1 unspecified atom stereocenters. The quantitative estimate of drug-likeness (QED) is 0.254. The van der Waals surface area contributed by atoms with E-state index in [1.165, 1.54) is 16.9 Å². The molecule has 10 nitrogen and oxygen atoms in total. The van der Waals surface area contributed by atoms with E-state index >= 15 is 0 Å². The first kappa shape index (κ1) is 33.8. The largest absolute Gasteiger partial charge is 0.418 e. The lowest BCUT2D eigenvalue weighted by Gasteiger charge is -2.35. The molecule has 0 aromatic heterocycles. The van der Waals surface area contributed by atoms with Crippen molar-refractivity contribution in [1.82, 2.24) is 15.5 Å². The number of aliphatic hydroxyl groups is 2. The van der Waals surface area contributed by atoms with Crippen LogP contribution in [0.5, 0.6) is 0 Å². The molecule has 1 saturated heterocycles. The van der Waals surface area contributed by atoms with Crippen molar-refractivity contribution in [2.45, 2.75) is 109 Å². The van der Waals surface area contributed by atoms with Crippen LogP contribution in [-0.4, -0.2) is 83.3 Å². The fraction of sp³-hybridized carbons (Fsp3) is 0.719. The molecule has 1 aromatic rings. The maximum absolute atomic E-state index is 13.5. The Kier molecular flexibility index (Phi) is 13.5. The van der Waals surface area contributed by atoms with Gasteiger partial charge in [-0.1, -0.05) is 76.3 Å². The Morgan fingerprint density at radius 3 is 2.55 bits per heavy atom. The minimum Gasteiger partial charge on any atom is -0.396 e. The first-order valence-electron chi connectivity index (χ1n) is 15.7. The van der Waals surface area contributed by atoms with Gasteiger partial charge in [0.25, 0.3) is 0 Å². The number of amides is 3. The fourth-order valence-electron chi connectivity index (χ4n) is 5.81. The van der Waals surface area contributed by atoms with Gasteiger partial charge >= 0.3 is 12.2 Å². The molecule has 236 valence electrons. The number of nitrogens with zero attached hydrogens (tertiary/aromatic N) is 1. The molecule has 1 aliphatic heterocycles. The molecule has 3 rings (SSSR count). The van der Waals surface area contributed by atoms with Crippen molar-refractivity contribution >= 4 is 18.1 Å². The first-order valence-corrected chi connectivity index (χ1v) is 15.7. The Labute approximate surface area is 250 Å². The summed E-state index contributed by atoms with van der Waals surface area (Å²) >= 11 is 0. The molecule has 1 aliphatic carbocycles. The van der Waals surface area contributed by atoms with Crippen molar-refractivity contribution in [1.29, 1.82) is 0 Å². The normalized spacial score (nSPS) is 21.5. The number of hydrogen-bond acceptors (Lipinski definition) is 7. The monoisotopic (exact) mass is 589 g/mol. The molecule has 10 heteroatoms. The summed E-state index contributed by atoms with van der Waals surface area (Å²) in [6.45, 7) is 6.14. The molecule has 4 N–H and O–H groups in total. The van der Waals surface area contributed by atoms with Crippen LogP contribution < -0.4 is 10.6 Å². The van der Waals surface area contributed by atoms with E-state index in [4.69, 9.17) is 9.47 Å². The van der Waals surface area contributed by atoms with Crippen molar-refractivity contribution in [3.8, 4) is 0 Å². The Morgan fingerprint density at radius 2 is 1.88 bits per heavy atom. The van der Waals surface area contributed by atoms with Crippen molar-refractivity contribution < 1.29 is 34.1 Å². The molecule has 0 spiro atoms. The number of aliphatic hydroxyl groups excluding tert-OH is 2. The number of hydrogen-bond donors (Lipinski definition) is 4. The van der Waals surface area contributed by atoms with Crippen LogP contribution in [0.4, 0.5) is 9.59 Å². The molecule has 2 fully saturated rings. The summed E-state index contributed by atoms with van der Waals surface area (Å²) < 4.78 is 10.9. The van der Waals surface area contributed by atoms with Crippen LogP contribution in [0.1, 0.15) is 84.1 Å². The van der Waals surface area contributed by atoms with E-state index in [0.717, 1.165) is 38.5 Å². The van der Waals surface area contributed by atoms with Gasteiger partial charge in [0.2, 0.25) is 5.91 Å². The van der Waals surface area contributed by atoms with Crippen molar-refractivity contribution in [2.75, 3.05) is 26.3 Å². The van der Waals surface area contributed by atoms with Gasteiger partial charge < -0.3 is 35.2 Å². The number of nitrogens with one attached hydrogen (secondary N) is 2. The van der Waals surface area contributed by atoms with Gasteiger partial charge in [-0.25, -0.2) is 9.59 Å². The van der Waals surface area contributed by atoms with Crippen molar-refractivity contribution in [3.05, 3.63) is 35.9 Å². The summed E-state index contributed by atoms with van der Waals surface area (Å²) in [5.74, 6) is -0.157. The van der Waals surface area contributed by atoms with Crippen LogP contribution in [0.25, 0.3) is 0 Å². The number of carbonyl (C=O) groups is 3. The standard InChI is InChI=1S/C32H51N3O7/c1-4-32(3,29(38)33-27(28(37)19-23(2)22-36)20-25-13-9-6-10-14-25)34-30(39)42-31(40)35-17-18-41-26(21-35)16-15-24-11-7-5-8-12-24/h5,7-8,11-12,23,25-28,36-37H,4,6,9-10,13-22H2,1-3H3,(H,33,38)(H,34,39)/t23-,26?,27+,28+,32+/m0/s1. The summed E-state index contributed by atoms with van der Waals surface area (Å²) in [6, 6.07) is 9.53. The van der Waals surface area contributed by atoms with E-state index in [9.17, 15) is 24.6 Å². The van der Waals surface area contributed by atoms with Crippen LogP contribution >= 0.6 is 0 Å². The van der Waals surface area contributed by atoms with E-state index in [1.807, 2.05) is 25.1 Å². The van der Waals surface area contributed by atoms with Crippen molar-refractivity contribution in [2.24, 2.45) is 11.8 Å². The predicted octanol–water partition coefficient (Wildman–Crippen LogP) is 4.17. The molecule has 1 aromatic carbocycles. The number of ether oxygens (including phenoxy) is 2. The van der Waals surface area contributed by atoms with E-state index in [0.29, 0.717) is 38.5 Å². The summed E-state index contributed by atoms with van der Waals surface area (Å²) in [7, 11) is 0. The topological polar surface area (TPSA) is 137 Å². The molecule has 1 heterocycles. The van der Waals surface area contributed by atoms with Crippen LogP contribution in [-0.2, 0) is 20.7 Å². The van der Waals surface area contributed by atoms with Crippen LogP contribution in [0.3, 0.4) is 0 Å². The zero-order valence-electron chi connectivity index (χ0n) is 25.6. The Morgan fingerprint density at radius 1 is 1.17 bits per heavy atom. The minimum atomic E-state index is -1.35. The van der Waals surface area contributed by atoms with Gasteiger partial charge in [-0.15, -0.1) is 0 Å². The summed E-state index contributed by atoms with van der Waals surface area (Å²) in [5, 5.41) is 26.1. The van der Waals surface area contributed by atoms with E-state index in [2.05, 4.69) is 22.8 Å². The molecular weight excluding hydrogens is 538 g/mol. The number of aryl methyl sites for hydroxylation is 1. The second kappa shape index (κ2) is 16.8. The Bertz CT molecular complexity index is 988. The molecule has 42 heavy (non-hydrogen) atoms. The molecule has 0 radical (unpaired) electrons. The maximum atomic E-state index is 13.5. The van der Waals surface area contributed by atoms with Crippen molar-refractivity contribution in [3.63, 3.8) is 0 Å². The number of morpholine rings is 1. The molecule has 2 aliphatic rings. The summed E-state index contributed by atoms with van der Waals surface area (Å²) in [6.07, 6.45) is 5.62. The van der Waals surface area contributed by atoms with E-state index in [-0.39, 0.29) is 25.0 Å². The van der Waals surface area contributed by atoms with E-state index < -0.39 is 35.8 Å². The van der Waals surface area contributed by atoms with Gasteiger partial charge in [-0.3, -0.25) is 4.79 Å². The first-order chi connectivity index (χ1) is 20.1. The van der Waals surface area contributed by atoms with Crippen LogP contribution in [0.15, 0.2) is 30.3 Å². The highest BCUT2D eigenvalue weighted by Gasteiger charge is 2.38. The second-order valence-corrected chi connectivity index (χ2v) is 12.3. The van der Waals surface area contributed by atoms with Gasteiger partial charge in [-0.2, -0.15) is 0 Å². The molecular formula is C32H51N3O7. The van der Waals surface area contributed by atoms with Crippen LogP contribution in [0, 0.1) is 11.8 Å².